The first-order valence-corrected chi connectivity index (χ1v) is 16.7. The number of aliphatic carboxylic acids is 1. The Hall–Kier alpha value is -4.02. The maximum atomic E-state index is 13.6. The van der Waals surface area contributed by atoms with E-state index in [1.54, 1.807) is 34.3 Å². The maximum Gasteiger partial charge on any atom is 0.410 e. The molecule has 1 N–H and O–H groups in total. The lowest BCUT2D eigenvalue weighted by Gasteiger charge is -2.35. The van der Waals surface area contributed by atoms with Crippen molar-refractivity contribution in [3.05, 3.63) is 48.3 Å². The molecule has 47 heavy (non-hydrogen) atoms. The van der Waals surface area contributed by atoms with Gasteiger partial charge in [0.1, 0.15) is 30.4 Å². The molecule has 2 fully saturated rings. The molecule has 3 heterocycles. The molecule has 0 spiro atoms. The van der Waals surface area contributed by atoms with E-state index in [1.165, 1.54) is 0 Å². The fourth-order valence-corrected chi connectivity index (χ4v) is 6.42. The van der Waals surface area contributed by atoms with E-state index in [2.05, 4.69) is 4.98 Å². The Morgan fingerprint density at radius 3 is 2.47 bits per heavy atom. The van der Waals surface area contributed by atoms with Crippen molar-refractivity contribution >= 4 is 23.8 Å². The van der Waals surface area contributed by atoms with Gasteiger partial charge in [-0.2, -0.15) is 0 Å². The summed E-state index contributed by atoms with van der Waals surface area (Å²) in [5.74, 6) is -1.14. The molecule has 0 aliphatic carbocycles. The lowest BCUT2D eigenvalue weighted by molar-refractivity contribution is -0.137. The topological polar surface area (TPSA) is 126 Å². The zero-order valence-electron chi connectivity index (χ0n) is 27.8. The number of pyridine rings is 1. The summed E-state index contributed by atoms with van der Waals surface area (Å²) in [7, 11) is 0. The van der Waals surface area contributed by atoms with Crippen molar-refractivity contribution in [1.82, 2.24) is 14.8 Å². The molecule has 11 heteroatoms. The number of hydrogen-bond acceptors (Lipinski definition) is 7. The molecule has 4 rings (SSSR count). The SMILES string of the molecule is CC(C)(C)OC(=O)N1CCC(CCC(=O)N2CCC[C@@H](C(=O)CC(CC(=O)O)c3cncc(-c4ccccc4OCCF)c3)C2)CC1. The summed E-state index contributed by atoms with van der Waals surface area (Å²) in [6.07, 6.45) is 6.87. The van der Waals surface area contributed by atoms with Crippen LogP contribution in [0.15, 0.2) is 42.7 Å². The lowest BCUT2D eigenvalue weighted by Crippen LogP contribution is -2.43. The van der Waals surface area contributed by atoms with E-state index in [4.69, 9.17) is 9.47 Å². The molecule has 0 bridgehead atoms. The van der Waals surface area contributed by atoms with E-state index >= 15 is 0 Å². The molecule has 0 saturated carbocycles. The molecular formula is C36H48FN3O7. The zero-order chi connectivity index (χ0) is 34.0. The number of para-hydroxylation sites is 1. The van der Waals surface area contributed by atoms with Crippen LogP contribution >= 0.6 is 0 Å². The van der Waals surface area contributed by atoms with Crippen molar-refractivity contribution in [2.75, 3.05) is 39.5 Å². The average molecular weight is 654 g/mol. The Labute approximate surface area is 276 Å². The number of ether oxygens (including phenoxy) is 2. The van der Waals surface area contributed by atoms with Crippen molar-refractivity contribution in [2.24, 2.45) is 11.8 Å². The smallest absolute Gasteiger partial charge is 0.410 e. The standard InChI is InChI=1S/C36H48FN3O7/c1-36(2,3)47-35(45)39-16-12-25(13-17-39)10-11-33(42)40-15-6-7-26(24-40)31(41)20-27(21-34(43)44)28-19-29(23-38-22-28)30-8-4-5-9-32(30)46-18-14-37/h4-5,8-9,19,22-23,25-27H,6-7,10-18,20-21,24H2,1-3H3,(H,43,44)/t26-,27?/m1/s1. The number of likely N-dealkylation sites (tertiary alicyclic amines) is 2. The minimum Gasteiger partial charge on any atom is -0.490 e. The van der Waals surface area contributed by atoms with Crippen LogP contribution in [0.1, 0.15) is 83.6 Å². The molecule has 1 unspecified atom stereocenters. The molecule has 2 aliphatic rings. The Bertz CT molecular complexity index is 1390. The highest BCUT2D eigenvalue weighted by Gasteiger charge is 2.32. The van der Waals surface area contributed by atoms with E-state index in [9.17, 15) is 28.7 Å². The van der Waals surface area contributed by atoms with Crippen LogP contribution in [0, 0.1) is 11.8 Å². The van der Waals surface area contributed by atoms with Gasteiger partial charge in [-0.05, 0) is 76.5 Å². The number of rotatable bonds is 13. The number of piperidine rings is 2. The monoisotopic (exact) mass is 653 g/mol. The van der Waals surface area contributed by atoms with Crippen LogP contribution in [-0.2, 0) is 19.1 Å². The molecule has 1 aromatic heterocycles. The third kappa shape index (κ3) is 10.8. The second-order valence-electron chi connectivity index (χ2n) is 13.6. The van der Waals surface area contributed by atoms with Crippen molar-refractivity contribution in [1.29, 1.82) is 0 Å². The lowest BCUT2D eigenvalue weighted by atomic mass is 9.84. The van der Waals surface area contributed by atoms with Crippen molar-refractivity contribution in [3.63, 3.8) is 0 Å². The zero-order valence-corrected chi connectivity index (χ0v) is 27.8. The number of halogens is 1. The number of amides is 2. The molecule has 2 aromatic rings. The molecule has 10 nitrogen and oxygen atoms in total. The van der Waals surface area contributed by atoms with Crippen LogP contribution in [0.2, 0.25) is 0 Å². The summed E-state index contributed by atoms with van der Waals surface area (Å²) >= 11 is 0. The third-order valence-corrected chi connectivity index (χ3v) is 8.89. The Morgan fingerprint density at radius 2 is 1.77 bits per heavy atom. The van der Waals surface area contributed by atoms with Gasteiger partial charge in [0.15, 0.2) is 0 Å². The fourth-order valence-electron chi connectivity index (χ4n) is 6.42. The van der Waals surface area contributed by atoms with Gasteiger partial charge < -0.3 is 24.4 Å². The van der Waals surface area contributed by atoms with Crippen LogP contribution < -0.4 is 4.74 Å². The van der Waals surface area contributed by atoms with Gasteiger partial charge in [0.25, 0.3) is 0 Å². The first-order valence-electron chi connectivity index (χ1n) is 16.7. The molecule has 2 saturated heterocycles. The molecule has 256 valence electrons. The molecular weight excluding hydrogens is 605 g/mol. The second kappa shape index (κ2) is 16.7. The van der Waals surface area contributed by atoms with E-state index in [-0.39, 0.29) is 43.2 Å². The van der Waals surface area contributed by atoms with Gasteiger partial charge in [-0.15, -0.1) is 0 Å². The number of ketones is 1. The minimum absolute atomic E-state index is 0.0281. The Morgan fingerprint density at radius 1 is 1.02 bits per heavy atom. The first kappa shape index (κ1) is 35.8. The van der Waals surface area contributed by atoms with Crippen LogP contribution in [0.3, 0.4) is 0 Å². The predicted molar refractivity (Wildman–Crippen MR) is 175 cm³/mol. The summed E-state index contributed by atoms with van der Waals surface area (Å²) in [5.41, 5.74) is 1.48. The number of aromatic nitrogens is 1. The summed E-state index contributed by atoms with van der Waals surface area (Å²) in [4.78, 5) is 58.9. The predicted octanol–water partition coefficient (Wildman–Crippen LogP) is 6.28. The van der Waals surface area contributed by atoms with E-state index in [1.807, 2.05) is 39.0 Å². The quantitative estimate of drug-likeness (QED) is 0.268. The average Bonchev–Trinajstić information content (AvgIpc) is 3.05. The second-order valence-corrected chi connectivity index (χ2v) is 13.6. The van der Waals surface area contributed by atoms with Crippen molar-refractivity contribution in [2.45, 2.75) is 83.7 Å². The van der Waals surface area contributed by atoms with Gasteiger partial charge in [-0.25, -0.2) is 9.18 Å². The molecule has 0 radical (unpaired) electrons. The first-order chi connectivity index (χ1) is 22.4. The van der Waals surface area contributed by atoms with Gasteiger partial charge in [-0.3, -0.25) is 19.4 Å². The number of carbonyl (C=O) groups excluding carboxylic acids is 3. The van der Waals surface area contributed by atoms with Crippen LogP contribution in [0.25, 0.3) is 11.1 Å². The summed E-state index contributed by atoms with van der Waals surface area (Å²) in [6, 6.07) is 9.00. The largest absolute Gasteiger partial charge is 0.490 e. The number of hydrogen-bond donors (Lipinski definition) is 1. The number of carboxylic acids is 1. The number of carbonyl (C=O) groups is 4. The van der Waals surface area contributed by atoms with Crippen LogP contribution in [0.5, 0.6) is 5.75 Å². The highest BCUT2D eigenvalue weighted by atomic mass is 19.1. The fraction of sp³-hybridized carbons (Fsp3) is 0.583. The normalized spacial score (nSPS) is 18.0. The van der Waals surface area contributed by atoms with Gasteiger partial charge in [0.05, 0.1) is 6.42 Å². The Balaban J connectivity index is 1.33. The van der Waals surface area contributed by atoms with Gasteiger partial charge in [-0.1, -0.05) is 18.2 Å². The van der Waals surface area contributed by atoms with E-state index in [0.717, 1.165) is 19.3 Å². The summed E-state index contributed by atoms with van der Waals surface area (Å²) < 4.78 is 23.8. The van der Waals surface area contributed by atoms with Crippen LogP contribution in [0.4, 0.5) is 9.18 Å². The molecule has 2 aliphatic heterocycles. The van der Waals surface area contributed by atoms with E-state index in [0.29, 0.717) is 73.8 Å². The highest BCUT2D eigenvalue weighted by molar-refractivity contribution is 5.84. The molecule has 1 aromatic carbocycles. The molecule has 2 amide bonds. The highest BCUT2D eigenvalue weighted by Crippen LogP contribution is 2.34. The summed E-state index contributed by atoms with van der Waals surface area (Å²) in [5, 5.41) is 9.70. The number of Topliss-reactive ketones (excluding diaryl/α,β-unsaturated/α-hetero) is 1. The number of carboxylic acid groups (broad SMARTS) is 1. The number of benzene rings is 1. The molecule has 2 atom stereocenters. The van der Waals surface area contributed by atoms with Crippen LogP contribution in [-0.4, -0.2) is 88.7 Å². The Kier molecular flexibility index (Phi) is 12.7. The van der Waals surface area contributed by atoms with Gasteiger partial charge >= 0.3 is 12.1 Å². The van der Waals surface area contributed by atoms with E-state index < -0.39 is 24.2 Å². The number of nitrogens with zero attached hydrogens (tertiary/aromatic N) is 3. The number of alkyl halides is 1. The minimum atomic E-state index is -1.02. The van der Waals surface area contributed by atoms with Gasteiger partial charge in [0.2, 0.25) is 5.91 Å². The summed E-state index contributed by atoms with van der Waals surface area (Å²) in [6.45, 7) is 7.01. The maximum absolute atomic E-state index is 13.6. The van der Waals surface area contributed by atoms with Crippen molar-refractivity contribution in [3.8, 4) is 16.9 Å². The van der Waals surface area contributed by atoms with Gasteiger partial charge in [0, 0.05) is 74.4 Å². The van der Waals surface area contributed by atoms with Crippen molar-refractivity contribution < 1.29 is 38.1 Å². The third-order valence-electron chi connectivity index (χ3n) is 8.89.